The lowest BCUT2D eigenvalue weighted by Crippen LogP contribution is -2.15. The van der Waals surface area contributed by atoms with Gasteiger partial charge in [-0.25, -0.2) is 4.98 Å². The molecule has 0 fully saturated rings. The van der Waals surface area contributed by atoms with Gasteiger partial charge in [0.05, 0.1) is 22.3 Å². The molecule has 0 radical (unpaired) electrons. The largest absolute Gasteiger partial charge is 0.486 e. The van der Waals surface area contributed by atoms with Crippen LogP contribution >= 0.6 is 11.3 Å². The minimum atomic E-state index is -0.271. The molecule has 0 aliphatic carbocycles. The fourth-order valence-electron chi connectivity index (χ4n) is 4.10. The Hall–Kier alpha value is -3.89. The first kappa shape index (κ1) is 21.0. The van der Waals surface area contributed by atoms with Gasteiger partial charge in [-0.15, -0.1) is 11.3 Å². The third-order valence-electron chi connectivity index (χ3n) is 5.70. The number of nitrogens with zero attached hydrogens (tertiary/aromatic N) is 2. The highest BCUT2D eigenvalue weighted by Gasteiger charge is 2.20. The quantitative estimate of drug-likeness (QED) is 0.425. The summed E-state index contributed by atoms with van der Waals surface area (Å²) in [5.41, 5.74) is 4.23. The summed E-state index contributed by atoms with van der Waals surface area (Å²) in [5.74, 6) is 1.10. The lowest BCUT2D eigenvalue weighted by atomic mass is 10.0. The van der Waals surface area contributed by atoms with E-state index in [1.54, 1.807) is 6.07 Å². The summed E-state index contributed by atoms with van der Waals surface area (Å²) in [6, 6.07) is 17.3. The van der Waals surface area contributed by atoms with Crippen LogP contribution in [0.4, 0.5) is 5.00 Å². The van der Waals surface area contributed by atoms with Crippen molar-refractivity contribution in [2.75, 3.05) is 18.5 Å². The fraction of sp³-hybridized carbons (Fsp3) is 0.192. The lowest BCUT2D eigenvalue weighted by molar-refractivity contribution is 0.102. The van der Waals surface area contributed by atoms with Crippen LogP contribution in [0.3, 0.4) is 0 Å². The third-order valence-corrected chi connectivity index (χ3v) is 6.76. The second-order valence-corrected chi connectivity index (χ2v) is 8.92. The molecule has 0 unspecified atom stereocenters. The van der Waals surface area contributed by atoms with Gasteiger partial charge in [-0.3, -0.25) is 4.79 Å². The molecule has 0 saturated carbocycles. The lowest BCUT2D eigenvalue weighted by Gasteiger charge is -2.19. The van der Waals surface area contributed by atoms with Gasteiger partial charge in [-0.05, 0) is 49.2 Å². The molecule has 33 heavy (non-hydrogen) atoms. The topological polar surface area (TPSA) is 84.2 Å². The summed E-state index contributed by atoms with van der Waals surface area (Å²) in [4.78, 5) is 19.3. The van der Waals surface area contributed by atoms with Crippen molar-refractivity contribution in [1.29, 1.82) is 5.26 Å². The number of aromatic nitrogens is 1. The van der Waals surface area contributed by atoms with Gasteiger partial charge in [-0.1, -0.05) is 25.1 Å². The molecule has 1 amide bonds. The number of fused-ring (bicyclic) bond motifs is 2. The summed E-state index contributed by atoms with van der Waals surface area (Å²) in [6.07, 6.45) is 0.744. The number of carbonyl (C=O) groups excluding carboxylic acids is 1. The molecule has 0 spiro atoms. The Morgan fingerprint density at radius 2 is 1.94 bits per heavy atom. The van der Waals surface area contributed by atoms with Gasteiger partial charge < -0.3 is 14.8 Å². The van der Waals surface area contributed by atoms with Crippen LogP contribution in [0.25, 0.3) is 22.2 Å². The molecule has 1 aliphatic heterocycles. The second-order valence-electron chi connectivity index (χ2n) is 7.69. The smallest absolute Gasteiger partial charge is 0.257 e. The number of ether oxygens (including phenoxy) is 2. The zero-order chi connectivity index (χ0) is 22.9. The van der Waals surface area contributed by atoms with Crippen LogP contribution < -0.4 is 14.8 Å². The van der Waals surface area contributed by atoms with E-state index in [1.165, 1.54) is 11.3 Å². The number of amides is 1. The minimum absolute atomic E-state index is 0.271. The van der Waals surface area contributed by atoms with Crippen LogP contribution in [0, 0.1) is 18.3 Å². The average Bonchev–Trinajstić information content (AvgIpc) is 3.16. The highest BCUT2D eigenvalue weighted by Crippen LogP contribution is 2.36. The Balaban J connectivity index is 1.59. The minimum Gasteiger partial charge on any atom is -0.486 e. The van der Waals surface area contributed by atoms with Crippen molar-refractivity contribution >= 4 is 33.1 Å². The van der Waals surface area contributed by atoms with E-state index in [1.807, 2.05) is 56.3 Å². The zero-order valence-electron chi connectivity index (χ0n) is 18.3. The molecule has 2 aromatic heterocycles. The first-order valence-corrected chi connectivity index (χ1v) is 11.5. The van der Waals surface area contributed by atoms with Crippen molar-refractivity contribution in [3.8, 4) is 28.8 Å². The molecule has 0 saturated heterocycles. The Kier molecular flexibility index (Phi) is 5.45. The van der Waals surface area contributed by atoms with Crippen molar-refractivity contribution in [3.05, 3.63) is 70.1 Å². The molecule has 5 rings (SSSR count). The molecule has 6 nitrogen and oxygen atoms in total. The Morgan fingerprint density at radius 3 is 2.73 bits per heavy atom. The molecule has 3 heterocycles. The molecule has 164 valence electrons. The predicted molar refractivity (Wildman–Crippen MR) is 129 cm³/mol. The van der Waals surface area contributed by atoms with Crippen LogP contribution in [0.2, 0.25) is 0 Å². The number of hydrogen-bond acceptors (Lipinski definition) is 6. The van der Waals surface area contributed by atoms with Crippen molar-refractivity contribution in [2.45, 2.75) is 20.3 Å². The van der Waals surface area contributed by atoms with Crippen molar-refractivity contribution in [1.82, 2.24) is 4.98 Å². The van der Waals surface area contributed by atoms with Crippen LogP contribution in [0.15, 0.2) is 48.5 Å². The Morgan fingerprint density at radius 1 is 1.15 bits per heavy atom. The van der Waals surface area contributed by atoms with Gasteiger partial charge in [0, 0.05) is 15.8 Å². The first-order chi connectivity index (χ1) is 16.1. The van der Waals surface area contributed by atoms with Crippen LogP contribution in [0.5, 0.6) is 11.5 Å². The van der Waals surface area contributed by atoms with Crippen molar-refractivity contribution < 1.29 is 14.3 Å². The molecule has 2 aromatic carbocycles. The molecule has 1 aliphatic rings. The number of nitrogens with one attached hydrogen (secondary N) is 1. The van der Waals surface area contributed by atoms with Gasteiger partial charge in [0.2, 0.25) is 0 Å². The summed E-state index contributed by atoms with van der Waals surface area (Å²) in [5, 5.41) is 14.0. The summed E-state index contributed by atoms with van der Waals surface area (Å²) < 4.78 is 11.3. The van der Waals surface area contributed by atoms with Gasteiger partial charge in [0.15, 0.2) is 11.5 Å². The molecular weight excluding hydrogens is 434 g/mol. The number of carbonyl (C=O) groups is 1. The number of rotatable bonds is 4. The van der Waals surface area contributed by atoms with Crippen LogP contribution in [-0.2, 0) is 6.42 Å². The molecule has 4 aromatic rings. The average molecular weight is 456 g/mol. The standard InChI is InChI=1S/C26H21N3O3S/c1-3-17-15(2)33-26(20(17)14-27)29-25(30)19-13-22(28-21-7-5-4-6-18(19)21)16-8-9-23-24(12-16)32-11-10-31-23/h4-9,12-13H,3,10-11H2,1-2H3,(H,29,30). The van der Waals surface area contributed by atoms with Crippen molar-refractivity contribution in [3.63, 3.8) is 0 Å². The molecule has 7 heteroatoms. The van der Waals surface area contributed by atoms with E-state index in [4.69, 9.17) is 14.5 Å². The Labute approximate surface area is 195 Å². The summed E-state index contributed by atoms with van der Waals surface area (Å²) in [7, 11) is 0. The van der Waals surface area contributed by atoms with Crippen LogP contribution in [0.1, 0.15) is 33.3 Å². The first-order valence-electron chi connectivity index (χ1n) is 10.7. The third kappa shape index (κ3) is 3.79. The monoisotopic (exact) mass is 455 g/mol. The highest BCUT2D eigenvalue weighted by atomic mass is 32.1. The number of benzene rings is 2. The predicted octanol–water partition coefficient (Wildman–Crippen LogP) is 5.73. The highest BCUT2D eigenvalue weighted by molar-refractivity contribution is 7.16. The van der Waals surface area contributed by atoms with Gasteiger partial charge in [0.25, 0.3) is 5.91 Å². The van der Waals surface area contributed by atoms with E-state index in [0.29, 0.717) is 52.1 Å². The molecule has 0 atom stereocenters. The van der Waals surface area contributed by atoms with Crippen LogP contribution in [-0.4, -0.2) is 24.1 Å². The van der Waals surface area contributed by atoms with E-state index in [2.05, 4.69) is 11.4 Å². The molecule has 0 bridgehead atoms. The number of thiophene rings is 1. The van der Waals surface area contributed by atoms with E-state index in [0.717, 1.165) is 27.8 Å². The maximum atomic E-state index is 13.4. The number of hydrogen-bond donors (Lipinski definition) is 1. The Bertz CT molecular complexity index is 1430. The number of anilines is 1. The van der Waals surface area contributed by atoms with Gasteiger partial charge >= 0.3 is 0 Å². The maximum Gasteiger partial charge on any atom is 0.257 e. The van der Waals surface area contributed by atoms with E-state index >= 15 is 0 Å². The normalized spacial score (nSPS) is 12.4. The number of para-hydroxylation sites is 1. The number of nitriles is 1. The van der Waals surface area contributed by atoms with Crippen molar-refractivity contribution in [2.24, 2.45) is 0 Å². The van der Waals surface area contributed by atoms with E-state index < -0.39 is 0 Å². The summed E-state index contributed by atoms with van der Waals surface area (Å²) in [6.45, 7) is 5.01. The fourth-order valence-corrected chi connectivity index (χ4v) is 5.19. The zero-order valence-corrected chi connectivity index (χ0v) is 19.1. The molecule has 1 N–H and O–H groups in total. The number of aryl methyl sites for hydroxylation is 1. The van der Waals surface area contributed by atoms with Gasteiger partial charge in [0.1, 0.15) is 24.3 Å². The SMILES string of the molecule is CCc1c(C)sc(NC(=O)c2cc(-c3ccc4c(c3)OCCO4)nc3ccccc23)c1C#N. The van der Waals surface area contributed by atoms with E-state index in [-0.39, 0.29) is 5.91 Å². The van der Waals surface area contributed by atoms with Gasteiger partial charge in [-0.2, -0.15) is 5.26 Å². The maximum absolute atomic E-state index is 13.4. The van der Waals surface area contributed by atoms with E-state index in [9.17, 15) is 10.1 Å². The summed E-state index contributed by atoms with van der Waals surface area (Å²) >= 11 is 1.43. The number of pyridine rings is 1. The molecular formula is C26H21N3O3S. The second kappa shape index (κ2) is 8.57.